The van der Waals surface area contributed by atoms with Gasteiger partial charge in [-0.25, -0.2) is 0 Å². The molecule has 1 heteroatoms. The van der Waals surface area contributed by atoms with Gasteiger partial charge >= 0.3 is 0 Å². The predicted molar refractivity (Wildman–Crippen MR) is 47.4 cm³/mol. The quantitative estimate of drug-likeness (QED) is 0.532. The van der Waals surface area contributed by atoms with E-state index in [1.807, 2.05) is 13.1 Å². The molecule has 58 valence electrons. The van der Waals surface area contributed by atoms with E-state index in [0.29, 0.717) is 0 Å². The normalized spacial score (nSPS) is 14.0. The second-order valence-electron chi connectivity index (χ2n) is 2.50. The molecule has 0 aliphatic rings. The molecule has 0 rings (SSSR count). The maximum atomic E-state index is 4.20. The minimum atomic E-state index is 1.17. The first-order valence-electron chi connectivity index (χ1n) is 3.87. The van der Waals surface area contributed by atoms with E-state index in [2.05, 4.69) is 25.8 Å². The smallest absolute Gasteiger partial charge is 0.0357 e. The standard InChI is InChI=1S/C9H17N/c1-5-7-8(3)9(4)10-6-2/h6H,5,7H2,1-4H3/b9-8+,10-6?. The predicted octanol–water partition coefficient (Wildman–Crippen LogP) is 3.17. The fourth-order valence-electron chi connectivity index (χ4n) is 0.860. The number of allylic oxidation sites excluding steroid dienone is 2. The molecule has 0 amide bonds. The van der Waals surface area contributed by atoms with Gasteiger partial charge in [-0.3, -0.25) is 4.99 Å². The largest absolute Gasteiger partial charge is 0.266 e. The Kier molecular flexibility index (Phi) is 4.91. The Balaban J connectivity index is 4.04. The van der Waals surface area contributed by atoms with Gasteiger partial charge in [-0.15, -0.1) is 0 Å². The second-order valence-corrected chi connectivity index (χ2v) is 2.50. The van der Waals surface area contributed by atoms with Crippen LogP contribution < -0.4 is 0 Å². The third kappa shape index (κ3) is 3.44. The van der Waals surface area contributed by atoms with E-state index in [0.717, 1.165) is 0 Å². The summed E-state index contributed by atoms with van der Waals surface area (Å²) in [6, 6.07) is 0. The van der Waals surface area contributed by atoms with Gasteiger partial charge in [-0.05, 0) is 27.2 Å². The fraction of sp³-hybridized carbons (Fsp3) is 0.667. The van der Waals surface area contributed by atoms with Gasteiger partial charge in [0.15, 0.2) is 0 Å². The lowest BCUT2D eigenvalue weighted by molar-refractivity contribution is 0.887. The van der Waals surface area contributed by atoms with Crippen LogP contribution >= 0.6 is 0 Å². The van der Waals surface area contributed by atoms with Gasteiger partial charge in [-0.1, -0.05) is 18.9 Å². The van der Waals surface area contributed by atoms with Crippen molar-refractivity contribution in [1.29, 1.82) is 0 Å². The summed E-state index contributed by atoms with van der Waals surface area (Å²) in [4.78, 5) is 4.20. The monoisotopic (exact) mass is 139 g/mol. The van der Waals surface area contributed by atoms with Crippen LogP contribution in [0.1, 0.15) is 40.5 Å². The van der Waals surface area contributed by atoms with Crippen LogP contribution in [-0.2, 0) is 0 Å². The first kappa shape index (κ1) is 9.41. The Hall–Kier alpha value is -0.590. The third-order valence-electron chi connectivity index (χ3n) is 1.57. The highest BCUT2D eigenvalue weighted by molar-refractivity contribution is 5.55. The SMILES string of the molecule is CC=N/C(C)=C(\C)CCC. The Morgan fingerprint density at radius 3 is 2.40 bits per heavy atom. The third-order valence-corrected chi connectivity index (χ3v) is 1.57. The minimum Gasteiger partial charge on any atom is -0.266 e. The lowest BCUT2D eigenvalue weighted by Crippen LogP contribution is -1.80. The van der Waals surface area contributed by atoms with E-state index < -0.39 is 0 Å². The lowest BCUT2D eigenvalue weighted by Gasteiger charge is -1.99. The number of hydrogen-bond donors (Lipinski definition) is 0. The van der Waals surface area contributed by atoms with Crippen LogP contribution in [0.3, 0.4) is 0 Å². The number of nitrogens with zero attached hydrogens (tertiary/aromatic N) is 1. The number of aliphatic imine (C=N–C) groups is 1. The molecule has 0 fully saturated rings. The first-order valence-corrected chi connectivity index (χ1v) is 3.87. The molecule has 10 heavy (non-hydrogen) atoms. The summed E-state index contributed by atoms with van der Waals surface area (Å²) in [6.45, 7) is 8.34. The molecular formula is C9H17N. The summed E-state index contributed by atoms with van der Waals surface area (Å²) >= 11 is 0. The summed E-state index contributed by atoms with van der Waals surface area (Å²) in [5.74, 6) is 0. The summed E-state index contributed by atoms with van der Waals surface area (Å²) in [6.07, 6.45) is 4.22. The highest BCUT2D eigenvalue weighted by Crippen LogP contribution is 2.09. The van der Waals surface area contributed by atoms with Crippen molar-refractivity contribution < 1.29 is 0 Å². The highest BCUT2D eigenvalue weighted by Gasteiger charge is 1.91. The van der Waals surface area contributed by atoms with Crippen molar-refractivity contribution in [3.8, 4) is 0 Å². The van der Waals surface area contributed by atoms with Crippen LogP contribution in [0.5, 0.6) is 0 Å². The van der Waals surface area contributed by atoms with E-state index in [-0.39, 0.29) is 0 Å². The Bertz CT molecular complexity index is 143. The molecule has 0 N–H and O–H groups in total. The molecule has 0 spiro atoms. The molecular weight excluding hydrogens is 122 g/mol. The average Bonchev–Trinajstić information content (AvgIpc) is 1.89. The van der Waals surface area contributed by atoms with Gasteiger partial charge < -0.3 is 0 Å². The van der Waals surface area contributed by atoms with Gasteiger partial charge in [0.25, 0.3) is 0 Å². The van der Waals surface area contributed by atoms with E-state index in [1.54, 1.807) is 0 Å². The Morgan fingerprint density at radius 1 is 1.40 bits per heavy atom. The van der Waals surface area contributed by atoms with Gasteiger partial charge in [0.2, 0.25) is 0 Å². The maximum Gasteiger partial charge on any atom is 0.0357 e. The van der Waals surface area contributed by atoms with Crippen molar-refractivity contribution >= 4 is 6.21 Å². The molecule has 0 atom stereocenters. The number of rotatable bonds is 3. The van der Waals surface area contributed by atoms with Crippen molar-refractivity contribution in [1.82, 2.24) is 0 Å². The van der Waals surface area contributed by atoms with Crippen LogP contribution in [0.15, 0.2) is 16.3 Å². The van der Waals surface area contributed by atoms with Crippen molar-refractivity contribution in [2.45, 2.75) is 40.5 Å². The lowest BCUT2D eigenvalue weighted by atomic mass is 10.1. The molecule has 0 aliphatic carbocycles. The zero-order valence-corrected chi connectivity index (χ0v) is 7.44. The summed E-state index contributed by atoms with van der Waals surface area (Å²) in [5.41, 5.74) is 2.57. The van der Waals surface area contributed by atoms with Gasteiger partial charge in [0.1, 0.15) is 0 Å². The van der Waals surface area contributed by atoms with Gasteiger partial charge in [-0.2, -0.15) is 0 Å². The zero-order chi connectivity index (χ0) is 7.98. The molecule has 0 saturated heterocycles. The van der Waals surface area contributed by atoms with Crippen LogP contribution in [-0.4, -0.2) is 6.21 Å². The molecule has 0 radical (unpaired) electrons. The molecule has 0 heterocycles. The summed E-state index contributed by atoms with van der Waals surface area (Å²) in [7, 11) is 0. The van der Waals surface area contributed by atoms with Crippen LogP contribution in [0.25, 0.3) is 0 Å². The average molecular weight is 139 g/mol. The second kappa shape index (κ2) is 5.21. The molecule has 1 nitrogen and oxygen atoms in total. The topological polar surface area (TPSA) is 12.4 Å². The Morgan fingerprint density at radius 2 is 2.00 bits per heavy atom. The molecule has 0 aromatic heterocycles. The summed E-state index contributed by atoms with van der Waals surface area (Å²) in [5, 5.41) is 0. The van der Waals surface area contributed by atoms with Crippen molar-refractivity contribution in [3.63, 3.8) is 0 Å². The van der Waals surface area contributed by atoms with E-state index in [1.165, 1.54) is 24.1 Å². The van der Waals surface area contributed by atoms with E-state index in [4.69, 9.17) is 0 Å². The summed E-state index contributed by atoms with van der Waals surface area (Å²) < 4.78 is 0. The molecule has 0 bridgehead atoms. The molecule has 0 aromatic carbocycles. The molecule has 0 aliphatic heterocycles. The van der Waals surface area contributed by atoms with Crippen molar-refractivity contribution in [3.05, 3.63) is 11.3 Å². The first-order chi connectivity index (χ1) is 4.72. The van der Waals surface area contributed by atoms with Crippen LogP contribution in [0.4, 0.5) is 0 Å². The minimum absolute atomic E-state index is 1.17. The van der Waals surface area contributed by atoms with E-state index in [9.17, 15) is 0 Å². The molecule has 0 unspecified atom stereocenters. The highest BCUT2D eigenvalue weighted by atomic mass is 14.7. The molecule has 0 aromatic rings. The van der Waals surface area contributed by atoms with Crippen molar-refractivity contribution in [2.24, 2.45) is 4.99 Å². The maximum absolute atomic E-state index is 4.20. The Labute approximate surface area is 63.9 Å². The van der Waals surface area contributed by atoms with Crippen molar-refractivity contribution in [2.75, 3.05) is 0 Å². The van der Waals surface area contributed by atoms with Crippen LogP contribution in [0.2, 0.25) is 0 Å². The van der Waals surface area contributed by atoms with Gasteiger partial charge in [0, 0.05) is 11.9 Å². The van der Waals surface area contributed by atoms with E-state index >= 15 is 0 Å². The zero-order valence-electron chi connectivity index (χ0n) is 7.44. The fourth-order valence-corrected chi connectivity index (χ4v) is 0.860. The molecule has 0 saturated carbocycles. The van der Waals surface area contributed by atoms with Crippen LogP contribution in [0, 0.1) is 0 Å². The van der Waals surface area contributed by atoms with Gasteiger partial charge in [0.05, 0.1) is 0 Å². The number of hydrogen-bond acceptors (Lipinski definition) is 1.